The van der Waals surface area contributed by atoms with Gasteiger partial charge < -0.3 is 5.11 Å². The van der Waals surface area contributed by atoms with E-state index >= 15 is 0 Å². The number of hydrogen-bond donors (Lipinski definition) is 1. The van der Waals surface area contributed by atoms with E-state index in [0.29, 0.717) is 18.6 Å². The zero-order valence-corrected chi connectivity index (χ0v) is 14.8. The van der Waals surface area contributed by atoms with Crippen LogP contribution in [0.25, 0.3) is 0 Å². The van der Waals surface area contributed by atoms with E-state index in [-0.39, 0.29) is 0 Å². The predicted octanol–water partition coefficient (Wildman–Crippen LogP) is 5.84. The Hall–Kier alpha value is -2.25. The smallest absolute Gasteiger partial charge is 0.123 e. The van der Waals surface area contributed by atoms with E-state index in [0.717, 1.165) is 27.3 Å². The van der Waals surface area contributed by atoms with Crippen molar-refractivity contribution in [2.24, 2.45) is 0 Å². The Morgan fingerprint density at radius 1 is 0.708 bits per heavy atom. The third kappa shape index (κ3) is 3.32. The van der Waals surface area contributed by atoms with E-state index in [2.05, 4.69) is 24.3 Å². The lowest BCUT2D eigenvalue weighted by atomic mass is 9.91. The summed E-state index contributed by atoms with van der Waals surface area (Å²) in [6.07, 6.45) is 1.36. The molecular formula is C22H21ClO. The first-order valence-corrected chi connectivity index (χ1v) is 8.53. The van der Waals surface area contributed by atoms with Crippen molar-refractivity contribution in [3.63, 3.8) is 0 Å². The molecule has 0 saturated heterocycles. The number of halogens is 1. The molecule has 3 rings (SSSR count). The summed E-state index contributed by atoms with van der Waals surface area (Å²) in [5.74, 6) is 0.377. The zero-order valence-electron chi connectivity index (χ0n) is 14.0. The van der Waals surface area contributed by atoms with Crippen molar-refractivity contribution < 1.29 is 5.11 Å². The van der Waals surface area contributed by atoms with Gasteiger partial charge in [-0.1, -0.05) is 72.3 Å². The fourth-order valence-electron chi connectivity index (χ4n) is 3.12. The van der Waals surface area contributed by atoms with E-state index in [9.17, 15) is 5.11 Å². The van der Waals surface area contributed by atoms with Gasteiger partial charge in [-0.15, -0.1) is 0 Å². The molecule has 0 amide bonds. The molecule has 1 nitrogen and oxygen atoms in total. The Labute approximate surface area is 148 Å². The Balaban J connectivity index is 2.06. The van der Waals surface area contributed by atoms with E-state index < -0.39 is 0 Å². The normalized spacial score (nSPS) is 10.8. The lowest BCUT2D eigenvalue weighted by Gasteiger charge is -2.18. The second-order valence-electron chi connectivity index (χ2n) is 6.19. The highest BCUT2D eigenvalue weighted by Crippen LogP contribution is 2.38. The van der Waals surface area contributed by atoms with Crippen molar-refractivity contribution in [3.8, 4) is 5.75 Å². The van der Waals surface area contributed by atoms with Crippen LogP contribution in [0.15, 0.2) is 60.7 Å². The molecule has 3 aromatic carbocycles. The molecule has 3 aromatic rings. The summed E-state index contributed by atoms with van der Waals surface area (Å²) < 4.78 is 0. The van der Waals surface area contributed by atoms with Crippen molar-refractivity contribution in [2.45, 2.75) is 26.7 Å². The average Bonchev–Trinajstić information content (AvgIpc) is 2.62. The fourth-order valence-corrected chi connectivity index (χ4v) is 3.34. The molecule has 0 aliphatic rings. The monoisotopic (exact) mass is 336 g/mol. The van der Waals surface area contributed by atoms with Crippen LogP contribution in [-0.4, -0.2) is 5.11 Å². The number of phenolic OH excluding ortho intramolecular Hbond substituents is 1. The summed E-state index contributed by atoms with van der Waals surface area (Å²) in [7, 11) is 0. The topological polar surface area (TPSA) is 20.2 Å². The van der Waals surface area contributed by atoms with Gasteiger partial charge in [0.2, 0.25) is 0 Å². The molecule has 2 heteroatoms. The molecule has 1 N–H and O–H groups in total. The number of hydrogen-bond acceptors (Lipinski definition) is 1. The van der Waals surface area contributed by atoms with Crippen LogP contribution in [0.4, 0.5) is 0 Å². The molecule has 0 atom stereocenters. The third-order valence-electron chi connectivity index (χ3n) is 4.58. The highest BCUT2D eigenvalue weighted by Gasteiger charge is 2.18. The van der Waals surface area contributed by atoms with Crippen molar-refractivity contribution in [1.29, 1.82) is 0 Å². The van der Waals surface area contributed by atoms with Crippen molar-refractivity contribution in [2.75, 3.05) is 0 Å². The van der Waals surface area contributed by atoms with E-state index in [1.54, 1.807) is 0 Å². The fraction of sp³-hybridized carbons (Fsp3) is 0.182. The summed E-state index contributed by atoms with van der Waals surface area (Å²) in [5, 5.41) is 11.7. The molecular weight excluding hydrogens is 316 g/mol. The molecule has 0 unspecified atom stereocenters. The number of rotatable bonds is 4. The van der Waals surface area contributed by atoms with Crippen LogP contribution in [-0.2, 0) is 12.8 Å². The van der Waals surface area contributed by atoms with E-state index in [1.807, 2.05) is 50.2 Å². The Morgan fingerprint density at radius 2 is 1.08 bits per heavy atom. The second kappa shape index (κ2) is 7.11. The van der Waals surface area contributed by atoms with Gasteiger partial charge in [-0.05, 0) is 36.1 Å². The highest BCUT2D eigenvalue weighted by atomic mass is 35.5. The van der Waals surface area contributed by atoms with Crippen LogP contribution < -0.4 is 0 Å². The van der Waals surface area contributed by atoms with Crippen LogP contribution >= 0.6 is 11.6 Å². The molecule has 0 aliphatic heterocycles. The molecule has 0 fully saturated rings. The van der Waals surface area contributed by atoms with Gasteiger partial charge in [0.1, 0.15) is 5.75 Å². The molecule has 24 heavy (non-hydrogen) atoms. The van der Waals surface area contributed by atoms with Gasteiger partial charge in [-0.25, -0.2) is 0 Å². The van der Waals surface area contributed by atoms with Crippen LogP contribution in [0, 0.1) is 13.8 Å². The highest BCUT2D eigenvalue weighted by molar-refractivity contribution is 6.32. The van der Waals surface area contributed by atoms with Gasteiger partial charge in [0.05, 0.1) is 0 Å². The number of phenols is 1. The molecule has 0 heterocycles. The maximum absolute atomic E-state index is 10.9. The molecule has 0 radical (unpaired) electrons. The minimum Gasteiger partial charge on any atom is -0.507 e. The lowest BCUT2D eigenvalue weighted by Crippen LogP contribution is -2.02. The van der Waals surface area contributed by atoms with Crippen LogP contribution in [0.2, 0.25) is 5.02 Å². The van der Waals surface area contributed by atoms with Crippen LogP contribution in [0.5, 0.6) is 5.75 Å². The predicted molar refractivity (Wildman–Crippen MR) is 101 cm³/mol. The summed E-state index contributed by atoms with van der Waals surface area (Å²) in [6.45, 7) is 3.97. The first-order valence-electron chi connectivity index (χ1n) is 8.15. The maximum atomic E-state index is 10.9. The summed E-state index contributed by atoms with van der Waals surface area (Å²) in [5.41, 5.74) is 6.10. The van der Waals surface area contributed by atoms with Gasteiger partial charge in [-0.3, -0.25) is 0 Å². The van der Waals surface area contributed by atoms with E-state index in [4.69, 9.17) is 11.6 Å². The van der Waals surface area contributed by atoms with Crippen molar-refractivity contribution in [1.82, 2.24) is 0 Å². The zero-order chi connectivity index (χ0) is 17.1. The first kappa shape index (κ1) is 16.6. The quantitative estimate of drug-likeness (QED) is 0.634. The van der Waals surface area contributed by atoms with Gasteiger partial charge in [-0.2, -0.15) is 0 Å². The molecule has 122 valence electrons. The molecule has 0 bridgehead atoms. The SMILES string of the molecule is Cc1c(Cl)c(C)c(Cc2ccccc2)c(O)c1Cc1ccccc1. The van der Waals surface area contributed by atoms with Gasteiger partial charge in [0.15, 0.2) is 0 Å². The number of aromatic hydroxyl groups is 1. The van der Waals surface area contributed by atoms with Gasteiger partial charge >= 0.3 is 0 Å². The molecule has 0 saturated carbocycles. The minimum atomic E-state index is 0.377. The summed E-state index contributed by atoms with van der Waals surface area (Å²) >= 11 is 6.58. The van der Waals surface area contributed by atoms with Crippen LogP contribution in [0.1, 0.15) is 33.4 Å². The van der Waals surface area contributed by atoms with E-state index in [1.165, 1.54) is 11.1 Å². The maximum Gasteiger partial charge on any atom is 0.123 e. The second-order valence-corrected chi connectivity index (χ2v) is 6.57. The minimum absolute atomic E-state index is 0.377. The number of benzene rings is 3. The first-order chi connectivity index (χ1) is 11.6. The van der Waals surface area contributed by atoms with Crippen molar-refractivity contribution >= 4 is 11.6 Å². The van der Waals surface area contributed by atoms with Crippen molar-refractivity contribution in [3.05, 3.63) is 99.1 Å². The Morgan fingerprint density at radius 3 is 1.46 bits per heavy atom. The molecule has 0 aliphatic carbocycles. The summed E-state index contributed by atoms with van der Waals surface area (Å²) in [6, 6.07) is 20.4. The third-order valence-corrected chi connectivity index (χ3v) is 5.15. The van der Waals surface area contributed by atoms with Gasteiger partial charge in [0, 0.05) is 29.0 Å². The Bertz CT molecular complexity index is 770. The summed E-state index contributed by atoms with van der Waals surface area (Å²) in [4.78, 5) is 0. The lowest BCUT2D eigenvalue weighted by molar-refractivity contribution is 0.462. The largest absolute Gasteiger partial charge is 0.507 e. The van der Waals surface area contributed by atoms with Crippen LogP contribution in [0.3, 0.4) is 0 Å². The average molecular weight is 337 g/mol. The molecule has 0 spiro atoms. The Kier molecular flexibility index (Phi) is 4.92. The standard InChI is InChI=1S/C22H21ClO/c1-15-19(13-17-9-5-3-6-10-17)22(24)20(16(2)21(15)23)14-18-11-7-4-8-12-18/h3-12,24H,13-14H2,1-2H3. The molecule has 0 aromatic heterocycles. The van der Waals surface area contributed by atoms with Gasteiger partial charge in [0.25, 0.3) is 0 Å².